The molecule has 0 radical (unpaired) electrons. The van der Waals surface area contributed by atoms with Crippen molar-refractivity contribution in [3.05, 3.63) is 29.8 Å². The molecule has 0 aromatic heterocycles. The molecule has 0 saturated heterocycles. The average Bonchev–Trinajstić information content (AvgIpc) is 2.84. The summed E-state index contributed by atoms with van der Waals surface area (Å²) < 4.78 is 5.62. The van der Waals surface area contributed by atoms with E-state index in [1.54, 1.807) is 24.3 Å². The minimum atomic E-state index is -0.927. The molecule has 4 nitrogen and oxygen atoms in total. The number of ether oxygens (including phenoxy) is 1. The molecule has 1 aromatic rings. The normalized spacial score (nSPS) is 25.0. The number of hydrogen-bond acceptors (Lipinski definition) is 3. The summed E-state index contributed by atoms with van der Waals surface area (Å²) in [4.78, 5) is 10.9. The van der Waals surface area contributed by atoms with Gasteiger partial charge in [0.1, 0.15) is 12.4 Å². The summed E-state index contributed by atoms with van der Waals surface area (Å²) in [5.41, 5.74) is 0.260. The van der Waals surface area contributed by atoms with Crippen LogP contribution in [0, 0.1) is 11.8 Å². The lowest BCUT2D eigenvalue weighted by Gasteiger charge is -2.21. The third-order valence-electron chi connectivity index (χ3n) is 4.61. The lowest BCUT2D eigenvalue weighted by atomic mass is 9.93. The Labute approximate surface area is 126 Å². The van der Waals surface area contributed by atoms with Gasteiger partial charge in [-0.1, -0.05) is 26.3 Å². The van der Waals surface area contributed by atoms with Crippen LogP contribution < -0.4 is 10.1 Å². The van der Waals surface area contributed by atoms with Gasteiger partial charge < -0.3 is 15.2 Å². The summed E-state index contributed by atoms with van der Waals surface area (Å²) in [6, 6.07) is 7.21. The fraction of sp³-hybridized carbons (Fsp3) is 0.588. The molecule has 4 heteroatoms. The molecule has 1 saturated carbocycles. The first-order chi connectivity index (χ1) is 10.1. The Bertz CT molecular complexity index is 475. The van der Waals surface area contributed by atoms with E-state index in [0.717, 1.165) is 18.4 Å². The second kappa shape index (κ2) is 7.46. The van der Waals surface area contributed by atoms with Gasteiger partial charge in [0, 0.05) is 12.6 Å². The number of aromatic carboxylic acids is 1. The van der Waals surface area contributed by atoms with Gasteiger partial charge in [-0.05, 0) is 42.9 Å². The zero-order valence-corrected chi connectivity index (χ0v) is 12.8. The van der Waals surface area contributed by atoms with Gasteiger partial charge in [0.2, 0.25) is 0 Å². The molecular weight excluding hydrogens is 266 g/mol. The maximum Gasteiger partial charge on any atom is 0.335 e. The molecule has 21 heavy (non-hydrogen) atoms. The highest BCUT2D eigenvalue weighted by Gasteiger charge is 2.30. The van der Waals surface area contributed by atoms with Crippen molar-refractivity contribution in [3.8, 4) is 5.75 Å². The van der Waals surface area contributed by atoms with E-state index in [1.165, 1.54) is 19.3 Å². The number of rotatable bonds is 7. The Balaban J connectivity index is 1.73. The number of benzene rings is 1. The van der Waals surface area contributed by atoms with Crippen LogP contribution in [0.15, 0.2) is 24.3 Å². The van der Waals surface area contributed by atoms with E-state index in [0.29, 0.717) is 18.4 Å². The van der Waals surface area contributed by atoms with Crippen LogP contribution in [0.1, 0.15) is 43.5 Å². The van der Waals surface area contributed by atoms with Crippen molar-refractivity contribution in [3.63, 3.8) is 0 Å². The highest BCUT2D eigenvalue weighted by Crippen LogP contribution is 2.33. The van der Waals surface area contributed by atoms with Crippen molar-refractivity contribution in [1.82, 2.24) is 5.32 Å². The smallest absolute Gasteiger partial charge is 0.335 e. The predicted octanol–water partition coefficient (Wildman–Crippen LogP) is 3.18. The van der Waals surface area contributed by atoms with Crippen LogP contribution in [0.2, 0.25) is 0 Å². The third-order valence-corrected chi connectivity index (χ3v) is 4.61. The number of carbonyl (C=O) groups is 1. The van der Waals surface area contributed by atoms with Crippen LogP contribution in [0.25, 0.3) is 0 Å². The summed E-state index contributed by atoms with van der Waals surface area (Å²) in [7, 11) is 0. The first-order valence-corrected chi connectivity index (χ1v) is 7.81. The third kappa shape index (κ3) is 4.21. The fourth-order valence-electron chi connectivity index (χ4n) is 3.24. The lowest BCUT2D eigenvalue weighted by molar-refractivity contribution is 0.0696. The molecule has 0 heterocycles. The number of carboxylic acid groups (broad SMARTS) is 1. The van der Waals surface area contributed by atoms with Gasteiger partial charge in [-0.25, -0.2) is 4.79 Å². The minimum absolute atomic E-state index is 0.260. The van der Waals surface area contributed by atoms with Crippen molar-refractivity contribution in [2.45, 2.75) is 39.2 Å². The second-order valence-corrected chi connectivity index (χ2v) is 5.85. The molecule has 2 rings (SSSR count). The zero-order valence-electron chi connectivity index (χ0n) is 12.8. The highest BCUT2D eigenvalue weighted by molar-refractivity contribution is 5.87. The number of hydrogen-bond donors (Lipinski definition) is 2. The van der Waals surface area contributed by atoms with E-state index in [1.807, 2.05) is 0 Å². The van der Waals surface area contributed by atoms with Crippen LogP contribution in [0.3, 0.4) is 0 Å². The van der Waals surface area contributed by atoms with Crippen LogP contribution in [-0.4, -0.2) is 30.3 Å². The predicted molar refractivity (Wildman–Crippen MR) is 82.9 cm³/mol. The van der Waals surface area contributed by atoms with Gasteiger partial charge in [0.15, 0.2) is 0 Å². The van der Waals surface area contributed by atoms with Crippen molar-refractivity contribution in [2.75, 3.05) is 13.2 Å². The summed E-state index contributed by atoms with van der Waals surface area (Å²) in [6.45, 7) is 5.95. The minimum Gasteiger partial charge on any atom is -0.492 e. The topological polar surface area (TPSA) is 58.6 Å². The van der Waals surface area contributed by atoms with Gasteiger partial charge >= 0.3 is 5.97 Å². The molecule has 1 aromatic carbocycles. The van der Waals surface area contributed by atoms with Gasteiger partial charge in [-0.3, -0.25) is 0 Å². The molecule has 1 aliphatic carbocycles. The maximum atomic E-state index is 10.9. The molecule has 2 N–H and O–H groups in total. The Kier molecular flexibility index (Phi) is 5.62. The van der Waals surface area contributed by atoms with Crippen molar-refractivity contribution in [1.29, 1.82) is 0 Å². The van der Waals surface area contributed by atoms with E-state index >= 15 is 0 Å². The van der Waals surface area contributed by atoms with E-state index in [2.05, 4.69) is 19.2 Å². The molecular formula is C17H25NO3. The SMILES string of the molecule is CCC1CCC(NCCOc2cccc(C(=O)O)c2)C1C. The summed E-state index contributed by atoms with van der Waals surface area (Å²) in [5.74, 6) is 1.26. The standard InChI is InChI=1S/C17H25NO3/c1-3-13-7-8-16(12(13)2)18-9-10-21-15-6-4-5-14(11-15)17(19)20/h4-6,11-13,16,18H,3,7-10H2,1-2H3,(H,19,20). The Hall–Kier alpha value is -1.55. The van der Waals surface area contributed by atoms with Gasteiger partial charge in [0.25, 0.3) is 0 Å². The zero-order chi connectivity index (χ0) is 15.2. The molecule has 116 valence electrons. The second-order valence-electron chi connectivity index (χ2n) is 5.85. The fourth-order valence-corrected chi connectivity index (χ4v) is 3.24. The number of carboxylic acids is 1. The van der Waals surface area contributed by atoms with Crippen LogP contribution in [-0.2, 0) is 0 Å². The van der Waals surface area contributed by atoms with E-state index in [4.69, 9.17) is 9.84 Å². The van der Waals surface area contributed by atoms with Gasteiger partial charge in [0.05, 0.1) is 5.56 Å². The van der Waals surface area contributed by atoms with E-state index in [-0.39, 0.29) is 5.56 Å². The average molecular weight is 291 g/mol. The Morgan fingerprint density at radius 2 is 2.24 bits per heavy atom. The first-order valence-electron chi connectivity index (χ1n) is 7.81. The lowest BCUT2D eigenvalue weighted by Crippen LogP contribution is -2.35. The molecule has 1 aliphatic rings. The molecule has 3 unspecified atom stereocenters. The summed E-state index contributed by atoms with van der Waals surface area (Å²) in [5, 5.41) is 12.5. The molecule has 0 bridgehead atoms. The Morgan fingerprint density at radius 3 is 2.90 bits per heavy atom. The maximum absolute atomic E-state index is 10.9. The monoisotopic (exact) mass is 291 g/mol. The van der Waals surface area contributed by atoms with Crippen molar-refractivity contribution < 1.29 is 14.6 Å². The van der Waals surface area contributed by atoms with Crippen LogP contribution >= 0.6 is 0 Å². The first kappa shape index (κ1) is 15.8. The van der Waals surface area contributed by atoms with E-state index in [9.17, 15) is 4.79 Å². The van der Waals surface area contributed by atoms with Gasteiger partial charge in [-0.2, -0.15) is 0 Å². The largest absolute Gasteiger partial charge is 0.492 e. The Morgan fingerprint density at radius 1 is 1.43 bits per heavy atom. The van der Waals surface area contributed by atoms with E-state index < -0.39 is 5.97 Å². The molecule has 0 spiro atoms. The highest BCUT2D eigenvalue weighted by atomic mass is 16.5. The summed E-state index contributed by atoms with van der Waals surface area (Å²) in [6.07, 6.45) is 3.82. The van der Waals surface area contributed by atoms with Crippen LogP contribution in [0.4, 0.5) is 0 Å². The molecule has 0 aliphatic heterocycles. The van der Waals surface area contributed by atoms with Gasteiger partial charge in [-0.15, -0.1) is 0 Å². The molecule has 1 fully saturated rings. The molecule has 3 atom stereocenters. The van der Waals surface area contributed by atoms with Crippen molar-refractivity contribution >= 4 is 5.97 Å². The summed E-state index contributed by atoms with van der Waals surface area (Å²) >= 11 is 0. The number of nitrogens with one attached hydrogen (secondary N) is 1. The molecule has 0 amide bonds. The quantitative estimate of drug-likeness (QED) is 0.758. The van der Waals surface area contributed by atoms with Crippen molar-refractivity contribution in [2.24, 2.45) is 11.8 Å². The van der Waals surface area contributed by atoms with Crippen LogP contribution in [0.5, 0.6) is 5.75 Å².